The van der Waals surface area contributed by atoms with E-state index in [0.717, 1.165) is 49.1 Å². The summed E-state index contributed by atoms with van der Waals surface area (Å²) in [7, 11) is 0. The van der Waals surface area contributed by atoms with Gasteiger partial charge in [0.2, 0.25) is 0 Å². The topological polar surface area (TPSA) is 47.3 Å². The summed E-state index contributed by atoms with van der Waals surface area (Å²) in [4.78, 5) is 0. The maximum Gasteiger partial charge on any atom is 0.139 e. The minimum Gasteiger partial charge on any atom is -0.377 e. The van der Waals surface area contributed by atoms with Gasteiger partial charge in [0.05, 0.1) is 12.3 Å². The first kappa shape index (κ1) is 11.6. The Morgan fingerprint density at radius 2 is 2.38 bits per heavy atom. The average Bonchev–Trinajstić information content (AvgIpc) is 2.87. The van der Waals surface area contributed by atoms with Crippen LogP contribution < -0.4 is 5.32 Å². The highest BCUT2D eigenvalue weighted by molar-refractivity contribution is 5.19. The maximum absolute atomic E-state index is 5.67. The van der Waals surface area contributed by atoms with E-state index in [2.05, 4.69) is 10.5 Å². The standard InChI is InChI=1S/C12H20N2O2/c1-9-12(10(2)16-14-9)8-15-6-4-11-3-5-13-7-11/h11,13H,3-8H2,1-2H3. The fourth-order valence-electron chi connectivity index (χ4n) is 2.09. The molecule has 1 atom stereocenters. The lowest BCUT2D eigenvalue weighted by atomic mass is 10.1. The molecule has 2 heterocycles. The highest BCUT2D eigenvalue weighted by atomic mass is 16.5. The summed E-state index contributed by atoms with van der Waals surface area (Å²) < 4.78 is 10.8. The van der Waals surface area contributed by atoms with E-state index in [1.807, 2.05) is 13.8 Å². The molecule has 16 heavy (non-hydrogen) atoms. The predicted octanol–water partition coefficient (Wildman–Crippen LogP) is 1.81. The number of aromatic nitrogens is 1. The molecule has 2 rings (SSSR count). The second-order valence-corrected chi connectivity index (χ2v) is 4.50. The fraction of sp³-hybridized carbons (Fsp3) is 0.750. The van der Waals surface area contributed by atoms with Crippen LogP contribution in [-0.2, 0) is 11.3 Å². The molecule has 4 heteroatoms. The molecule has 1 aliphatic rings. The second kappa shape index (κ2) is 5.46. The van der Waals surface area contributed by atoms with E-state index >= 15 is 0 Å². The molecule has 90 valence electrons. The first-order chi connectivity index (χ1) is 7.77. The van der Waals surface area contributed by atoms with Crippen LogP contribution in [0, 0.1) is 19.8 Å². The summed E-state index contributed by atoms with van der Waals surface area (Å²) >= 11 is 0. The molecule has 1 saturated heterocycles. The lowest BCUT2D eigenvalue weighted by Crippen LogP contribution is -2.10. The van der Waals surface area contributed by atoms with Gasteiger partial charge in [0.25, 0.3) is 0 Å². The summed E-state index contributed by atoms with van der Waals surface area (Å²) in [6.45, 7) is 7.65. The van der Waals surface area contributed by atoms with Crippen molar-refractivity contribution < 1.29 is 9.26 Å². The van der Waals surface area contributed by atoms with Crippen LogP contribution in [0.4, 0.5) is 0 Å². The molecule has 0 aliphatic carbocycles. The molecule has 0 aromatic carbocycles. The minimum absolute atomic E-state index is 0.626. The van der Waals surface area contributed by atoms with Crippen molar-refractivity contribution >= 4 is 0 Å². The van der Waals surface area contributed by atoms with E-state index in [1.165, 1.54) is 6.42 Å². The van der Waals surface area contributed by atoms with E-state index in [9.17, 15) is 0 Å². The lowest BCUT2D eigenvalue weighted by Gasteiger charge is -2.08. The summed E-state index contributed by atoms with van der Waals surface area (Å²) in [5.41, 5.74) is 2.05. The largest absolute Gasteiger partial charge is 0.377 e. The molecule has 0 spiro atoms. The van der Waals surface area contributed by atoms with Crippen LogP contribution in [0.3, 0.4) is 0 Å². The van der Waals surface area contributed by atoms with Gasteiger partial charge in [0, 0.05) is 12.2 Å². The molecule has 1 unspecified atom stereocenters. The Morgan fingerprint density at radius 1 is 1.50 bits per heavy atom. The molecule has 1 aromatic heterocycles. The van der Waals surface area contributed by atoms with Crippen LogP contribution in [0.5, 0.6) is 0 Å². The molecule has 1 aromatic rings. The normalized spacial score (nSPS) is 20.5. The van der Waals surface area contributed by atoms with Gasteiger partial charge in [-0.2, -0.15) is 0 Å². The number of rotatable bonds is 5. The van der Waals surface area contributed by atoms with Crippen LogP contribution in [0.25, 0.3) is 0 Å². The van der Waals surface area contributed by atoms with Gasteiger partial charge in [0.15, 0.2) is 0 Å². The van der Waals surface area contributed by atoms with Gasteiger partial charge in [-0.15, -0.1) is 0 Å². The Labute approximate surface area is 96.3 Å². The Kier molecular flexibility index (Phi) is 3.96. The lowest BCUT2D eigenvalue weighted by molar-refractivity contribution is 0.108. The fourth-order valence-corrected chi connectivity index (χ4v) is 2.09. The van der Waals surface area contributed by atoms with E-state index in [1.54, 1.807) is 0 Å². The Balaban J connectivity index is 1.67. The number of nitrogens with zero attached hydrogens (tertiary/aromatic N) is 1. The smallest absolute Gasteiger partial charge is 0.139 e. The molecule has 1 aliphatic heterocycles. The molecular formula is C12H20N2O2. The van der Waals surface area contributed by atoms with Crippen molar-refractivity contribution in [3.63, 3.8) is 0 Å². The Morgan fingerprint density at radius 3 is 3.00 bits per heavy atom. The van der Waals surface area contributed by atoms with Gasteiger partial charge < -0.3 is 14.6 Å². The Bertz CT molecular complexity index is 310. The van der Waals surface area contributed by atoms with E-state index in [4.69, 9.17) is 9.26 Å². The third-order valence-corrected chi connectivity index (χ3v) is 3.26. The SMILES string of the molecule is Cc1noc(C)c1COCCC1CCNC1. The molecule has 0 bridgehead atoms. The molecule has 4 nitrogen and oxygen atoms in total. The summed E-state index contributed by atoms with van der Waals surface area (Å²) in [6, 6.07) is 0. The van der Waals surface area contributed by atoms with Crippen LogP contribution in [0.15, 0.2) is 4.52 Å². The van der Waals surface area contributed by atoms with Crippen molar-refractivity contribution in [2.24, 2.45) is 5.92 Å². The number of aryl methyl sites for hydroxylation is 2. The van der Waals surface area contributed by atoms with E-state index in [0.29, 0.717) is 6.61 Å². The Hall–Kier alpha value is -0.870. The summed E-state index contributed by atoms with van der Waals surface area (Å²) in [6.07, 6.45) is 2.44. The van der Waals surface area contributed by atoms with Crippen LogP contribution >= 0.6 is 0 Å². The zero-order valence-corrected chi connectivity index (χ0v) is 10.1. The van der Waals surface area contributed by atoms with Crippen LogP contribution in [0.2, 0.25) is 0 Å². The van der Waals surface area contributed by atoms with Gasteiger partial charge in [-0.05, 0) is 45.7 Å². The average molecular weight is 224 g/mol. The predicted molar refractivity (Wildman–Crippen MR) is 61.2 cm³/mol. The van der Waals surface area contributed by atoms with Gasteiger partial charge in [-0.1, -0.05) is 5.16 Å². The van der Waals surface area contributed by atoms with Crippen LogP contribution in [-0.4, -0.2) is 24.9 Å². The van der Waals surface area contributed by atoms with Gasteiger partial charge >= 0.3 is 0 Å². The summed E-state index contributed by atoms with van der Waals surface area (Å²) in [5, 5.41) is 7.27. The number of nitrogens with one attached hydrogen (secondary N) is 1. The molecule has 1 N–H and O–H groups in total. The maximum atomic E-state index is 5.67. The molecule has 0 saturated carbocycles. The van der Waals surface area contributed by atoms with Crippen molar-refractivity contribution in [3.05, 3.63) is 17.0 Å². The first-order valence-electron chi connectivity index (χ1n) is 5.97. The minimum atomic E-state index is 0.626. The van der Waals surface area contributed by atoms with Crippen molar-refractivity contribution in [3.8, 4) is 0 Å². The van der Waals surface area contributed by atoms with Crippen LogP contribution in [0.1, 0.15) is 29.9 Å². The molecular weight excluding hydrogens is 204 g/mol. The van der Waals surface area contributed by atoms with Crippen molar-refractivity contribution in [1.82, 2.24) is 10.5 Å². The number of hydrogen-bond donors (Lipinski definition) is 1. The van der Waals surface area contributed by atoms with Gasteiger partial charge in [-0.3, -0.25) is 0 Å². The number of hydrogen-bond acceptors (Lipinski definition) is 4. The molecule has 0 amide bonds. The molecule has 0 radical (unpaired) electrons. The van der Waals surface area contributed by atoms with Crippen molar-refractivity contribution in [2.45, 2.75) is 33.3 Å². The second-order valence-electron chi connectivity index (χ2n) is 4.50. The summed E-state index contributed by atoms with van der Waals surface area (Å²) in [5.74, 6) is 1.67. The third kappa shape index (κ3) is 2.83. The number of ether oxygens (including phenoxy) is 1. The molecule has 1 fully saturated rings. The monoisotopic (exact) mass is 224 g/mol. The van der Waals surface area contributed by atoms with E-state index < -0.39 is 0 Å². The third-order valence-electron chi connectivity index (χ3n) is 3.26. The highest BCUT2D eigenvalue weighted by Gasteiger charge is 2.14. The zero-order chi connectivity index (χ0) is 11.4. The van der Waals surface area contributed by atoms with Crippen molar-refractivity contribution in [1.29, 1.82) is 0 Å². The quantitative estimate of drug-likeness (QED) is 0.775. The highest BCUT2D eigenvalue weighted by Crippen LogP contribution is 2.15. The van der Waals surface area contributed by atoms with Gasteiger partial charge in [0.1, 0.15) is 5.76 Å². The van der Waals surface area contributed by atoms with Crippen molar-refractivity contribution in [2.75, 3.05) is 19.7 Å². The van der Waals surface area contributed by atoms with E-state index in [-0.39, 0.29) is 0 Å². The van der Waals surface area contributed by atoms with Gasteiger partial charge in [-0.25, -0.2) is 0 Å². The zero-order valence-electron chi connectivity index (χ0n) is 10.1. The first-order valence-corrected chi connectivity index (χ1v) is 5.97.